The number of hydrogen-bond acceptors (Lipinski definition) is 3. The number of carbonyl (C=O) groups is 1. The molecule has 0 radical (unpaired) electrons. The minimum Gasteiger partial charge on any atom is -0.368 e. The zero-order valence-electron chi connectivity index (χ0n) is 16.7. The average molecular weight is 390 g/mol. The monoisotopic (exact) mass is 390 g/mol. The van der Waals surface area contributed by atoms with Crippen molar-refractivity contribution in [2.24, 2.45) is 0 Å². The van der Waals surface area contributed by atoms with Gasteiger partial charge in [0.25, 0.3) is 11.5 Å². The van der Waals surface area contributed by atoms with Gasteiger partial charge >= 0.3 is 0 Å². The van der Waals surface area contributed by atoms with Crippen LogP contribution < -0.4 is 5.56 Å². The van der Waals surface area contributed by atoms with Crippen LogP contribution in [0.2, 0.25) is 0 Å². The molecule has 29 heavy (non-hydrogen) atoms. The largest absolute Gasteiger partial charge is 0.368 e. The molecule has 0 spiro atoms. The number of aromatic amines is 1. The maximum absolute atomic E-state index is 13.1. The van der Waals surface area contributed by atoms with Gasteiger partial charge in [-0.1, -0.05) is 42.0 Å². The first-order chi connectivity index (χ1) is 14.1. The lowest BCUT2D eigenvalue weighted by Crippen LogP contribution is -2.40. The zero-order valence-corrected chi connectivity index (χ0v) is 16.7. The molecule has 0 unspecified atom stereocenters. The Bertz CT molecular complexity index is 1050. The number of rotatable bonds is 6. The summed E-state index contributed by atoms with van der Waals surface area (Å²) in [4.78, 5) is 30.5. The Hall–Kier alpha value is -2.92. The quantitative estimate of drug-likeness (QED) is 0.700. The Morgan fingerprint density at radius 2 is 2.00 bits per heavy atom. The predicted molar refractivity (Wildman–Crippen MR) is 114 cm³/mol. The summed E-state index contributed by atoms with van der Waals surface area (Å²) < 4.78 is 5.62. The van der Waals surface area contributed by atoms with Crippen molar-refractivity contribution >= 4 is 16.8 Å². The molecule has 0 bridgehead atoms. The minimum atomic E-state index is -0.396. The van der Waals surface area contributed by atoms with Crippen LogP contribution in [-0.4, -0.2) is 35.0 Å². The molecule has 1 aliphatic rings. The molecule has 1 fully saturated rings. The van der Waals surface area contributed by atoms with Crippen molar-refractivity contribution in [1.82, 2.24) is 9.88 Å². The van der Waals surface area contributed by atoms with E-state index in [4.69, 9.17) is 4.74 Å². The average Bonchev–Trinajstić information content (AvgIpc) is 3.27. The topological polar surface area (TPSA) is 62.4 Å². The van der Waals surface area contributed by atoms with Gasteiger partial charge < -0.3 is 14.6 Å². The van der Waals surface area contributed by atoms with Crippen LogP contribution in [-0.2, 0) is 22.5 Å². The molecule has 1 atom stereocenters. The maximum atomic E-state index is 13.1. The van der Waals surface area contributed by atoms with Crippen LogP contribution in [0.15, 0.2) is 59.4 Å². The van der Waals surface area contributed by atoms with Gasteiger partial charge in [-0.15, -0.1) is 0 Å². The minimum absolute atomic E-state index is 0.0258. The standard InChI is InChI=1S/C24H26N2O3/c1-17-9-10-21-19(14-17)15-20(23(27)25-21)16-26(24(28)22-8-5-13-29-22)12-11-18-6-3-2-4-7-18/h2-4,6-7,9-10,14-15,22H,5,8,11-13,16H2,1H3,(H,25,27)/t22-/m1/s1. The summed E-state index contributed by atoms with van der Waals surface area (Å²) >= 11 is 0. The number of benzene rings is 2. The first-order valence-corrected chi connectivity index (χ1v) is 10.2. The lowest BCUT2D eigenvalue weighted by molar-refractivity contribution is -0.141. The number of nitrogens with zero attached hydrogens (tertiary/aromatic N) is 1. The van der Waals surface area contributed by atoms with E-state index in [1.54, 1.807) is 4.90 Å². The molecule has 1 amide bonds. The van der Waals surface area contributed by atoms with Gasteiger partial charge in [0.2, 0.25) is 0 Å². The van der Waals surface area contributed by atoms with Gasteiger partial charge in [0, 0.05) is 24.2 Å². The van der Waals surface area contributed by atoms with Crippen molar-refractivity contribution in [3.63, 3.8) is 0 Å². The molecule has 0 aliphatic carbocycles. The van der Waals surface area contributed by atoms with Crippen LogP contribution in [0, 0.1) is 6.92 Å². The molecule has 1 aromatic heterocycles. The van der Waals surface area contributed by atoms with E-state index in [-0.39, 0.29) is 18.0 Å². The summed E-state index contributed by atoms with van der Waals surface area (Å²) in [6, 6.07) is 17.9. The Labute approximate surface area is 170 Å². The van der Waals surface area contributed by atoms with Gasteiger partial charge in [0.05, 0.1) is 6.54 Å². The number of aryl methyl sites for hydroxylation is 1. The third-order valence-electron chi connectivity index (χ3n) is 5.47. The zero-order chi connectivity index (χ0) is 20.2. The van der Waals surface area contributed by atoms with E-state index in [0.29, 0.717) is 18.7 Å². The van der Waals surface area contributed by atoms with Gasteiger partial charge in [-0.2, -0.15) is 0 Å². The lowest BCUT2D eigenvalue weighted by Gasteiger charge is -2.25. The van der Waals surface area contributed by atoms with Crippen LogP contribution in [0.3, 0.4) is 0 Å². The van der Waals surface area contributed by atoms with Crippen molar-refractivity contribution in [3.8, 4) is 0 Å². The van der Waals surface area contributed by atoms with Gasteiger partial charge in [-0.25, -0.2) is 0 Å². The van der Waals surface area contributed by atoms with E-state index in [1.165, 1.54) is 5.56 Å². The normalized spacial score (nSPS) is 16.2. The number of hydrogen-bond donors (Lipinski definition) is 1. The number of aromatic nitrogens is 1. The smallest absolute Gasteiger partial charge is 0.253 e. The second-order valence-electron chi connectivity index (χ2n) is 7.71. The van der Waals surface area contributed by atoms with E-state index < -0.39 is 6.10 Å². The third kappa shape index (κ3) is 4.57. The summed E-state index contributed by atoms with van der Waals surface area (Å²) in [5.41, 5.74) is 3.56. The Morgan fingerprint density at radius 1 is 1.17 bits per heavy atom. The van der Waals surface area contributed by atoms with Gasteiger partial charge in [0.15, 0.2) is 0 Å². The fourth-order valence-electron chi connectivity index (χ4n) is 3.85. The molecule has 0 saturated carbocycles. The number of nitrogens with one attached hydrogen (secondary N) is 1. The van der Waals surface area contributed by atoms with E-state index in [0.717, 1.165) is 35.7 Å². The molecule has 1 aliphatic heterocycles. The van der Waals surface area contributed by atoms with E-state index in [2.05, 4.69) is 17.1 Å². The first kappa shape index (κ1) is 19.4. The van der Waals surface area contributed by atoms with Crippen LogP contribution >= 0.6 is 0 Å². The molecule has 1 N–H and O–H groups in total. The van der Waals surface area contributed by atoms with Crippen molar-refractivity contribution in [2.75, 3.05) is 13.2 Å². The number of pyridine rings is 1. The van der Waals surface area contributed by atoms with Crippen molar-refractivity contribution < 1.29 is 9.53 Å². The van der Waals surface area contributed by atoms with Crippen LogP contribution in [0.5, 0.6) is 0 Å². The number of H-pyrrole nitrogens is 1. The third-order valence-corrected chi connectivity index (χ3v) is 5.47. The molecule has 5 nitrogen and oxygen atoms in total. The summed E-state index contributed by atoms with van der Waals surface area (Å²) in [6.45, 7) is 3.48. The summed E-state index contributed by atoms with van der Waals surface area (Å²) in [7, 11) is 0. The highest BCUT2D eigenvalue weighted by atomic mass is 16.5. The highest BCUT2D eigenvalue weighted by Gasteiger charge is 2.28. The van der Waals surface area contributed by atoms with Crippen LogP contribution in [0.4, 0.5) is 0 Å². The molecular formula is C24H26N2O3. The first-order valence-electron chi connectivity index (χ1n) is 10.2. The number of ether oxygens (including phenoxy) is 1. The molecule has 2 heterocycles. The molecule has 5 heteroatoms. The Kier molecular flexibility index (Phi) is 5.76. The van der Waals surface area contributed by atoms with E-state index in [9.17, 15) is 9.59 Å². The second-order valence-corrected chi connectivity index (χ2v) is 7.71. The van der Waals surface area contributed by atoms with E-state index >= 15 is 0 Å². The second kappa shape index (κ2) is 8.62. The van der Waals surface area contributed by atoms with Crippen LogP contribution in [0.1, 0.15) is 29.5 Å². The Balaban J connectivity index is 1.60. The van der Waals surface area contributed by atoms with Crippen molar-refractivity contribution in [3.05, 3.63) is 81.6 Å². The van der Waals surface area contributed by atoms with Crippen molar-refractivity contribution in [1.29, 1.82) is 0 Å². The molecular weight excluding hydrogens is 364 g/mol. The number of carbonyl (C=O) groups excluding carboxylic acids is 1. The molecule has 2 aromatic carbocycles. The SMILES string of the molecule is Cc1ccc2[nH]c(=O)c(CN(CCc3ccccc3)C(=O)[C@H]3CCCO3)cc2c1. The van der Waals surface area contributed by atoms with Gasteiger partial charge in [-0.05, 0) is 55.3 Å². The molecule has 4 rings (SSSR count). The lowest BCUT2D eigenvalue weighted by atomic mass is 10.1. The fraction of sp³-hybridized carbons (Fsp3) is 0.333. The summed E-state index contributed by atoms with van der Waals surface area (Å²) in [5, 5.41) is 0.979. The number of amides is 1. The van der Waals surface area contributed by atoms with Crippen LogP contribution in [0.25, 0.3) is 10.9 Å². The van der Waals surface area contributed by atoms with E-state index in [1.807, 2.05) is 49.4 Å². The van der Waals surface area contributed by atoms with Gasteiger partial charge in [0.1, 0.15) is 6.10 Å². The molecule has 150 valence electrons. The summed E-state index contributed by atoms with van der Waals surface area (Å²) in [6.07, 6.45) is 1.99. The predicted octanol–water partition coefficient (Wildman–Crippen LogP) is 3.59. The molecule has 1 saturated heterocycles. The summed E-state index contributed by atoms with van der Waals surface area (Å²) in [5.74, 6) is -0.0258. The fourth-order valence-corrected chi connectivity index (χ4v) is 3.85. The van der Waals surface area contributed by atoms with Crippen molar-refractivity contribution in [2.45, 2.75) is 38.8 Å². The number of fused-ring (bicyclic) bond motifs is 1. The highest BCUT2D eigenvalue weighted by molar-refractivity contribution is 5.82. The Morgan fingerprint density at radius 3 is 2.76 bits per heavy atom. The maximum Gasteiger partial charge on any atom is 0.253 e. The van der Waals surface area contributed by atoms with Gasteiger partial charge in [-0.3, -0.25) is 9.59 Å². The molecule has 3 aromatic rings. The highest BCUT2D eigenvalue weighted by Crippen LogP contribution is 2.18.